The molecule has 3 heterocycles. The maximum atomic E-state index is 13.5. The summed E-state index contributed by atoms with van der Waals surface area (Å²) in [5, 5.41) is 10.2. The van der Waals surface area contributed by atoms with Crippen molar-refractivity contribution in [3.63, 3.8) is 0 Å². The Bertz CT molecular complexity index is 1480. The summed E-state index contributed by atoms with van der Waals surface area (Å²) in [6, 6.07) is 10.6. The molecule has 12 heteroatoms. The second-order valence-corrected chi connectivity index (χ2v) is 11.2. The average molecular weight is 542 g/mol. The summed E-state index contributed by atoms with van der Waals surface area (Å²) < 4.78 is 41.3. The predicted molar refractivity (Wildman–Crippen MR) is 140 cm³/mol. The highest BCUT2D eigenvalue weighted by Gasteiger charge is 2.25. The lowest BCUT2D eigenvalue weighted by atomic mass is 10.1. The number of sulfonamides is 1. The zero-order chi connectivity index (χ0) is 26.9. The van der Waals surface area contributed by atoms with E-state index in [4.69, 9.17) is 0 Å². The number of halogens is 1. The third kappa shape index (κ3) is 5.55. The van der Waals surface area contributed by atoms with Crippen LogP contribution in [0, 0.1) is 5.82 Å². The van der Waals surface area contributed by atoms with Crippen molar-refractivity contribution in [2.45, 2.75) is 17.7 Å². The average Bonchev–Trinajstić information content (AvgIpc) is 3.44. The number of piperazine rings is 1. The van der Waals surface area contributed by atoms with Gasteiger partial charge in [0.25, 0.3) is 10.0 Å². The standard InChI is InChI=1S/C26H28FN5O5S/c27-18-4-3-5-20(14-18)38(36,37)29-19-6-7-23-21(15-19)22(26(34)35)16-24(28-23)31-12-10-30(11-13-31)17-25(33)32-8-1-2-9-32/h3-7,14-16,29H,1-2,8-13,17H2,(H,34,35). The van der Waals surface area contributed by atoms with Gasteiger partial charge >= 0.3 is 5.97 Å². The Morgan fingerprint density at radius 3 is 2.39 bits per heavy atom. The van der Waals surface area contributed by atoms with Crippen molar-refractivity contribution in [3.8, 4) is 0 Å². The highest BCUT2D eigenvalue weighted by Crippen LogP contribution is 2.28. The number of carbonyl (C=O) groups is 2. The molecule has 2 N–H and O–H groups in total. The first-order valence-electron chi connectivity index (χ1n) is 12.4. The topological polar surface area (TPSA) is 123 Å². The Morgan fingerprint density at radius 2 is 1.71 bits per heavy atom. The molecule has 38 heavy (non-hydrogen) atoms. The monoisotopic (exact) mass is 541 g/mol. The van der Waals surface area contributed by atoms with E-state index in [1.54, 1.807) is 6.07 Å². The molecular formula is C26H28FN5O5S. The molecule has 1 amide bonds. The van der Waals surface area contributed by atoms with Crippen LogP contribution in [0.4, 0.5) is 15.9 Å². The summed E-state index contributed by atoms with van der Waals surface area (Å²) in [6.07, 6.45) is 2.11. The molecule has 2 aliphatic heterocycles. The number of hydrogen-bond acceptors (Lipinski definition) is 7. The molecule has 0 bridgehead atoms. The lowest BCUT2D eigenvalue weighted by molar-refractivity contribution is -0.131. The number of fused-ring (bicyclic) bond motifs is 1. The van der Waals surface area contributed by atoms with E-state index < -0.39 is 21.8 Å². The summed E-state index contributed by atoms with van der Waals surface area (Å²) in [4.78, 5) is 35.0. The van der Waals surface area contributed by atoms with Crippen LogP contribution in [0.15, 0.2) is 53.4 Å². The van der Waals surface area contributed by atoms with Crippen molar-refractivity contribution >= 4 is 44.3 Å². The van der Waals surface area contributed by atoms with Crippen LogP contribution in [0.25, 0.3) is 10.9 Å². The van der Waals surface area contributed by atoms with Crippen molar-refractivity contribution < 1.29 is 27.5 Å². The number of rotatable bonds is 7. The first kappa shape index (κ1) is 25.9. The van der Waals surface area contributed by atoms with Gasteiger partial charge in [-0.3, -0.25) is 14.4 Å². The first-order valence-corrected chi connectivity index (χ1v) is 13.9. The molecule has 0 aliphatic carbocycles. The summed E-state index contributed by atoms with van der Waals surface area (Å²) >= 11 is 0. The lowest BCUT2D eigenvalue weighted by Gasteiger charge is -2.35. The molecule has 3 aromatic rings. The fourth-order valence-corrected chi connectivity index (χ4v) is 5.94. The third-order valence-corrected chi connectivity index (χ3v) is 8.28. The van der Waals surface area contributed by atoms with Crippen LogP contribution in [0.2, 0.25) is 0 Å². The predicted octanol–water partition coefficient (Wildman–Crippen LogP) is 2.62. The number of pyridine rings is 1. The fraction of sp³-hybridized carbons (Fsp3) is 0.346. The van der Waals surface area contributed by atoms with Crippen LogP contribution in [0.3, 0.4) is 0 Å². The molecule has 0 atom stereocenters. The molecular weight excluding hydrogens is 513 g/mol. The zero-order valence-electron chi connectivity index (χ0n) is 20.6. The van der Waals surface area contributed by atoms with Gasteiger partial charge in [-0.1, -0.05) is 6.07 Å². The molecule has 2 aliphatic rings. The van der Waals surface area contributed by atoms with Gasteiger partial charge < -0.3 is 14.9 Å². The number of amides is 1. The minimum Gasteiger partial charge on any atom is -0.478 e. The number of hydrogen-bond donors (Lipinski definition) is 2. The van der Waals surface area contributed by atoms with E-state index in [0.29, 0.717) is 44.1 Å². The van der Waals surface area contributed by atoms with Gasteiger partial charge in [0.1, 0.15) is 11.6 Å². The molecule has 10 nitrogen and oxygen atoms in total. The molecule has 0 spiro atoms. The minimum absolute atomic E-state index is 0.0107. The van der Waals surface area contributed by atoms with E-state index in [0.717, 1.165) is 38.1 Å². The van der Waals surface area contributed by atoms with Gasteiger partial charge in [0.15, 0.2) is 0 Å². The van der Waals surface area contributed by atoms with E-state index in [1.807, 2.05) is 9.80 Å². The highest BCUT2D eigenvalue weighted by atomic mass is 32.2. The molecule has 0 unspecified atom stereocenters. The second kappa shape index (κ2) is 10.5. The number of nitrogens with one attached hydrogen (secondary N) is 1. The summed E-state index contributed by atoms with van der Waals surface area (Å²) in [7, 11) is -4.08. The number of carboxylic acids is 1. The maximum Gasteiger partial charge on any atom is 0.336 e. The molecule has 1 aromatic heterocycles. The minimum atomic E-state index is -4.08. The molecule has 0 radical (unpaired) electrons. The number of anilines is 2. The molecule has 2 saturated heterocycles. The summed E-state index contributed by atoms with van der Waals surface area (Å²) in [5.74, 6) is -1.20. The quantitative estimate of drug-likeness (QED) is 0.468. The Balaban J connectivity index is 1.33. The van der Waals surface area contributed by atoms with Crippen molar-refractivity contribution in [1.29, 1.82) is 0 Å². The number of aromatic carboxylic acids is 1. The molecule has 2 fully saturated rings. The van der Waals surface area contributed by atoms with E-state index in [1.165, 1.54) is 30.3 Å². The van der Waals surface area contributed by atoms with E-state index in [-0.39, 0.29) is 27.4 Å². The van der Waals surface area contributed by atoms with Gasteiger partial charge in [-0.25, -0.2) is 22.6 Å². The van der Waals surface area contributed by atoms with Crippen LogP contribution in [-0.4, -0.2) is 86.0 Å². The Kier molecular flexibility index (Phi) is 7.17. The summed E-state index contributed by atoms with van der Waals surface area (Å²) in [5.41, 5.74) is 0.527. The van der Waals surface area contributed by atoms with Crippen LogP contribution in [0.5, 0.6) is 0 Å². The maximum absolute atomic E-state index is 13.5. The Hall–Kier alpha value is -3.77. The van der Waals surface area contributed by atoms with Crippen LogP contribution >= 0.6 is 0 Å². The van der Waals surface area contributed by atoms with Gasteiger partial charge in [-0.2, -0.15) is 0 Å². The molecule has 5 rings (SSSR count). The van der Waals surface area contributed by atoms with Crippen LogP contribution in [-0.2, 0) is 14.8 Å². The van der Waals surface area contributed by atoms with Crippen molar-refractivity contribution in [2.75, 3.05) is 55.4 Å². The van der Waals surface area contributed by atoms with E-state index in [9.17, 15) is 27.5 Å². The molecule has 200 valence electrons. The van der Waals surface area contributed by atoms with Crippen LogP contribution < -0.4 is 9.62 Å². The zero-order valence-corrected chi connectivity index (χ0v) is 21.5. The van der Waals surface area contributed by atoms with E-state index in [2.05, 4.69) is 14.6 Å². The Labute approximate surface area is 219 Å². The second-order valence-electron chi connectivity index (χ2n) is 9.48. The normalized spacial score (nSPS) is 16.7. The summed E-state index contributed by atoms with van der Waals surface area (Å²) in [6.45, 7) is 4.53. The number of benzene rings is 2. The van der Waals surface area contributed by atoms with Gasteiger partial charge in [0.05, 0.1) is 22.5 Å². The van der Waals surface area contributed by atoms with Crippen molar-refractivity contribution in [1.82, 2.24) is 14.8 Å². The number of likely N-dealkylation sites (tertiary alicyclic amines) is 1. The lowest BCUT2D eigenvalue weighted by Crippen LogP contribution is -2.50. The van der Waals surface area contributed by atoms with Crippen LogP contribution in [0.1, 0.15) is 23.2 Å². The van der Waals surface area contributed by atoms with Gasteiger partial charge in [-0.05, 0) is 55.3 Å². The molecule has 0 saturated carbocycles. The van der Waals surface area contributed by atoms with Gasteiger partial charge in [-0.15, -0.1) is 0 Å². The number of aromatic nitrogens is 1. The number of nitrogens with zero attached hydrogens (tertiary/aromatic N) is 4. The number of carbonyl (C=O) groups excluding carboxylic acids is 1. The SMILES string of the molecule is O=C(O)c1cc(N2CCN(CC(=O)N3CCCC3)CC2)nc2ccc(NS(=O)(=O)c3cccc(F)c3)cc12. The van der Waals surface area contributed by atoms with E-state index >= 15 is 0 Å². The largest absolute Gasteiger partial charge is 0.478 e. The smallest absolute Gasteiger partial charge is 0.336 e. The first-order chi connectivity index (χ1) is 18.2. The van der Waals surface area contributed by atoms with Gasteiger partial charge in [0.2, 0.25) is 5.91 Å². The highest BCUT2D eigenvalue weighted by molar-refractivity contribution is 7.92. The van der Waals surface area contributed by atoms with Crippen molar-refractivity contribution in [3.05, 3.63) is 59.9 Å². The molecule has 2 aromatic carbocycles. The Morgan fingerprint density at radius 1 is 0.974 bits per heavy atom. The fourth-order valence-electron chi connectivity index (χ4n) is 4.86. The number of carboxylic acid groups (broad SMARTS) is 1. The third-order valence-electron chi connectivity index (χ3n) is 6.90. The van der Waals surface area contributed by atoms with Crippen molar-refractivity contribution in [2.24, 2.45) is 0 Å². The van der Waals surface area contributed by atoms with Gasteiger partial charge in [0, 0.05) is 50.3 Å².